The second-order valence-electron chi connectivity index (χ2n) is 12.0. The van der Waals surface area contributed by atoms with Gasteiger partial charge in [-0.05, 0) is 104 Å². The van der Waals surface area contributed by atoms with E-state index < -0.39 is 0 Å². The highest BCUT2D eigenvalue weighted by atomic mass is 15.1. The molecule has 0 radical (unpaired) electrons. The summed E-state index contributed by atoms with van der Waals surface area (Å²) in [5.41, 5.74) is 13.8. The van der Waals surface area contributed by atoms with Gasteiger partial charge in [-0.15, -0.1) is 0 Å². The molecule has 0 amide bonds. The van der Waals surface area contributed by atoms with Crippen LogP contribution in [0.3, 0.4) is 0 Å². The molecule has 0 bridgehead atoms. The number of hydrogen-bond donors (Lipinski definition) is 0. The Balaban J connectivity index is 1.61. The lowest BCUT2D eigenvalue weighted by atomic mass is 9.98. The van der Waals surface area contributed by atoms with Crippen molar-refractivity contribution in [3.05, 3.63) is 137 Å². The highest BCUT2D eigenvalue weighted by Gasteiger charge is 2.22. The van der Waals surface area contributed by atoms with Crippen molar-refractivity contribution >= 4 is 43.6 Å². The van der Waals surface area contributed by atoms with Crippen molar-refractivity contribution in [2.45, 2.75) is 27.7 Å². The molecule has 0 unspecified atom stereocenters. The fourth-order valence-corrected chi connectivity index (χ4v) is 6.79. The summed E-state index contributed by atoms with van der Waals surface area (Å²) in [6.07, 6.45) is 3.57. The quantitative estimate of drug-likeness (QED) is 0.214. The lowest BCUT2D eigenvalue weighted by Gasteiger charge is -2.20. The predicted octanol–water partition coefficient (Wildman–Crippen LogP) is 10.0. The number of rotatable bonds is 3. The van der Waals surface area contributed by atoms with Gasteiger partial charge in [0.2, 0.25) is 0 Å². The Labute approximate surface area is 256 Å². The molecule has 0 fully saturated rings. The van der Waals surface area contributed by atoms with E-state index in [4.69, 9.17) is 0 Å². The van der Waals surface area contributed by atoms with Gasteiger partial charge in [0.1, 0.15) is 0 Å². The molecule has 0 saturated carbocycles. The van der Waals surface area contributed by atoms with E-state index in [1.165, 1.54) is 43.8 Å². The first-order valence-corrected chi connectivity index (χ1v) is 14.9. The van der Waals surface area contributed by atoms with Crippen molar-refractivity contribution in [3.8, 4) is 28.6 Å². The highest BCUT2D eigenvalue weighted by Crippen LogP contribution is 2.41. The number of nitriles is 1. The van der Waals surface area contributed by atoms with E-state index in [0.29, 0.717) is 5.56 Å². The van der Waals surface area contributed by atoms with Crippen LogP contribution in [0.15, 0.2) is 109 Å². The molecular weight excluding hydrogens is 536 g/mol. The zero-order valence-corrected chi connectivity index (χ0v) is 25.2. The smallest absolute Gasteiger partial charge is 0.0998 e. The van der Waals surface area contributed by atoms with E-state index in [1.807, 2.05) is 12.1 Å². The topological polar surface area (TPSA) is 46.5 Å². The molecule has 44 heavy (non-hydrogen) atoms. The molecule has 8 aromatic rings. The van der Waals surface area contributed by atoms with Crippen LogP contribution in [-0.2, 0) is 0 Å². The summed E-state index contributed by atoms with van der Waals surface area (Å²) >= 11 is 0. The van der Waals surface area contributed by atoms with Crippen molar-refractivity contribution in [2.75, 3.05) is 0 Å². The van der Waals surface area contributed by atoms with Gasteiger partial charge in [-0.2, -0.15) is 5.26 Å². The van der Waals surface area contributed by atoms with Crippen LogP contribution in [0.25, 0.3) is 66.1 Å². The standard InChI is InChI=1S/C40H30N4/c1-24-5-9-30-31-10-6-25(2)18-36(31)43(35(30)17-24)39-21-29(23-41)34(28-13-15-42-16-14-28)22-40(39)44-37-19-26(3)7-11-32(37)33-12-8-27(4)20-38(33)44/h5-22H,1-4H3. The van der Waals surface area contributed by atoms with Gasteiger partial charge in [0, 0.05) is 39.5 Å². The summed E-state index contributed by atoms with van der Waals surface area (Å²) in [6, 6.07) is 37.5. The Morgan fingerprint density at radius 1 is 0.500 bits per heavy atom. The minimum Gasteiger partial charge on any atom is -0.307 e. The summed E-state index contributed by atoms with van der Waals surface area (Å²) in [5, 5.41) is 15.4. The maximum Gasteiger partial charge on any atom is 0.0998 e. The van der Waals surface area contributed by atoms with E-state index in [-0.39, 0.29) is 0 Å². The van der Waals surface area contributed by atoms with E-state index in [2.05, 4.69) is 133 Å². The zero-order valence-electron chi connectivity index (χ0n) is 25.2. The third kappa shape index (κ3) is 3.87. The molecule has 0 saturated heterocycles. The highest BCUT2D eigenvalue weighted by molar-refractivity contribution is 6.12. The molecule has 0 atom stereocenters. The van der Waals surface area contributed by atoms with Crippen LogP contribution in [0.2, 0.25) is 0 Å². The average molecular weight is 567 g/mol. The SMILES string of the molecule is Cc1ccc2c3ccc(C)cc3n(-c3cc(C#N)c(-c4ccncc4)cc3-n3c4cc(C)ccc4c4ccc(C)cc43)c2c1. The van der Waals surface area contributed by atoms with Crippen LogP contribution in [0.1, 0.15) is 27.8 Å². The van der Waals surface area contributed by atoms with Gasteiger partial charge in [0.05, 0.1) is 45.1 Å². The molecule has 0 aliphatic carbocycles. The van der Waals surface area contributed by atoms with Crippen molar-refractivity contribution in [3.63, 3.8) is 0 Å². The molecule has 0 aliphatic heterocycles. The van der Waals surface area contributed by atoms with Gasteiger partial charge >= 0.3 is 0 Å². The molecular formula is C40H30N4. The Kier molecular flexibility index (Phi) is 5.73. The number of hydrogen-bond acceptors (Lipinski definition) is 2. The number of fused-ring (bicyclic) bond motifs is 6. The molecule has 4 nitrogen and oxygen atoms in total. The Morgan fingerprint density at radius 2 is 0.886 bits per heavy atom. The largest absolute Gasteiger partial charge is 0.307 e. The van der Waals surface area contributed by atoms with Crippen LogP contribution < -0.4 is 0 Å². The Morgan fingerprint density at radius 3 is 1.27 bits per heavy atom. The number of aryl methyl sites for hydroxylation is 4. The van der Waals surface area contributed by atoms with Gasteiger partial charge < -0.3 is 9.13 Å². The van der Waals surface area contributed by atoms with Crippen LogP contribution in [0, 0.1) is 39.0 Å². The number of nitrogens with zero attached hydrogens (tertiary/aromatic N) is 4. The Bertz CT molecular complexity index is 2370. The van der Waals surface area contributed by atoms with Crippen molar-refractivity contribution in [1.82, 2.24) is 14.1 Å². The molecule has 5 aromatic carbocycles. The third-order valence-corrected chi connectivity index (χ3v) is 8.87. The molecule has 3 aromatic heterocycles. The first-order chi connectivity index (χ1) is 21.4. The molecule has 0 N–H and O–H groups in total. The lowest BCUT2D eigenvalue weighted by molar-refractivity contribution is 1.09. The van der Waals surface area contributed by atoms with Gasteiger partial charge in [-0.1, -0.05) is 48.5 Å². The van der Waals surface area contributed by atoms with E-state index in [0.717, 1.165) is 44.6 Å². The number of pyridine rings is 1. The monoisotopic (exact) mass is 566 g/mol. The number of aromatic nitrogens is 3. The van der Waals surface area contributed by atoms with Crippen molar-refractivity contribution in [1.29, 1.82) is 5.26 Å². The Hall–Kier alpha value is -5.66. The maximum atomic E-state index is 10.6. The predicted molar refractivity (Wildman–Crippen MR) is 182 cm³/mol. The first kappa shape index (κ1) is 26.0. The lowest BCUT2D eigenvalue weighted by Crippen LogP contribution is -2.06. The maximum absolute atomic E-state index is 10.6. The molecule has 8 rings (SSSR count). The summed E-state index contributed by atoms with van der Waals surface area (Å²) in [4.78, 5) is 4.25. The summed E-state index contributed by atoms with van der Waals surface area (Å²) in [7, 11) is 0. The fraction of sp³-hybridized carbons (Fsp3) is 0.100. The minimum atomic E-state index is 0.624. The summed E-state index contributed by atoms with van der Waals surface area (Å²) in [5.74, 6) is 0. The zero-order chi connectivity index (χ0) is 30.1. The van der Waals surface area contributed by atoms with Gasteiger partial charge in [0.25, 0.3) is 0 Å². The first-order valence-electron chi connectivity index (χ1n) is 14.9. The van der Waals surface area contributed by atoms with Gasteiger partial charge in [-0.3, -0.25) is 4.98 Å². The molecule has 3 heterocycles. The van der Waals surface area contributed by atoms with Crippen LogP contribution in [0.4, 0.5) is 0 Å². The van der Waals surface area contributed by atoms with E-state index >= 15 is 0 Å². The second kappa shape index (κ2) is 9.69. The van der Waals surface area contributed by atoms with Crippen LogP contribution in [-0.4, -0.2) is 14.1 Å². The van der Waals surface area contributed by atoms with E-state index in [9.17, 15) is 5.26 Å². The fourth-order valence-electron chi connectivity index (χ4n) is 6.79. The molecule has 4 heteroatoms. The summed E-state index contributed by atoms with van der Waals surface area (Å²) < 4.78 is 4.76. The minimum absolute atomic E-state index is 0.624. The molecule has 0 spiro atoms. The van der Waals surface area contributed by atoms with Crippen LogP contribution >= 0.6 is 0 Å². The molecule has 210 valence electrons. The normalized spacial score (nSPS) is 11.6. The van der Waals surface area contributed by atoms with Gasteiger partial charge in [-0.25, -0.2) is 0 Å². The van der Waals surface area contributed by atoms with Crippen LogP contribution in [0.5, 0.6) is 0 Å². The summed E-state index contributed by atoms with van der Waals surface area (Å²) in [6.45, 7) is 8.57. The van der Waals surface area contributed by atoms with E-state index in [1.54, 1.807) is 12.4 Å². The average Bonchev–Trinajstić information content (AvgIpc) is 3.51. The third-order valence-electron chi connectivity index (χ3n) is 8.87. The molecule has 0 aliphatic rings. The number of benzene rings is 5. The van der Waals surface area contributed by atoms with Crippen molar-refractivity contribution in [2.24, 2.45) is 0 Å². The second-order valence-corrected chi connectivity index (χ2v) is 12.0. The van der Waals surface area contributed by atoms with Crippen molar-refractivity contribution < 1.29 is 0 Å². The van der Waals surface area contributed by atoms with Gasteiger partial charge in [0.15, 0.2) is 0 Å².